The molecule has 2 fully saturated rings. The van der Waals surface area contributed by atoms with Crippen LogP contribution < -0.4 is 15.8 Å². The van der Waals surface area contributed by atoms with Crippen molar-refractivity contribution in [1.82, 2.24) is 14.9 Å². The number of nitrogens with two attached hydrogens (primary N) is 1. The van der Waals surface area contributed by atoms with Crippen molar-refractivity contribution in [2.75, 3.05) is 6.54 Å². The van der Waals surface area contributed by atoms with Gasteiger partial charge in [-0.3, -0.25) is 14.4 Å². The van der Waals surface area contributed by atoms with Gasteiger partial charge in [0.2, 0.25) is 5.54 Å². The van der Waals surface area contributed by atoms with Crippen molar-refractivity contribution in [1.29, 1.82) is 0 Å². The van der Waals surface area contributed by atoms with E-state index in [-0.39, 0.29) is 42.7 Å². The van der Waals surface area contributed by atoms with Gasteiger partial charge in [0.25, 0.3) is 27.7 Å². The third-order valence-electron chi connectivity index (χ3n) is 7.09. The highest BCUT2D eigenvalue weighted by Gasteiger charge is 2.58. The zero-order chi connectivity index (χ0) is 26.6. The predicted molar refractivity (Wildman–Crippen MR) is 132 cm³/mol. The second kappa shape index (κ2) is 10.9. The zero-order valence-electron chi connectivity index (χ0n) is 20.4. The van der Waals surface area contributed by atoms with Crippen LogP contribution in [0.4, 0.5) is 4.79 Å². The number of hydrogen-bond donors (Lipinski definition) is 3. The topological polar surface area (TPSA) is 165 Å². The van der Waals surface area contributed by atoms with Crippen LogP contribution in [0.1, 0.15) is 51.4 Å². The number of hydrogen-bond acceptors (Lipinski definition) is 7. The Bertz CT molecular complexity index is 1190. The molecule has 11 nitrogen and oxygen atoms in total. The van der Waals surface area contributed by atoms with Crippen molar-refractivity contribution in [3.05, 3.63) is 42.5 Å². The minimum atomic E-state index is -4.33. The average molecular weight is 533 g/mol. The first-order chi connectivity index (χ1) is 17.6. The molecule has 1 aromatic carbocycles. The highest BCUT2D eigenvalue weighted by molar-refractivity contribution is 7.90. The normalized spacial score (nSPS) is 28.6. The van der Waals surface area contributed by atoms with E-state index in [0.29, 0.717) is 12.8 Å². The van der Waals surface area contributed by atoms with Crippen LogP contribution in [-0.2, 0) is 29.1 Å². The van der Waals surface area contributed by atoms with Gasteiger partial charge in [-0.15, -0.1) is 0 Å². The van der Waals surface area contributed by atoms with Gasteiger partial charge in [-0.05, 0) is 63.0 Å². The smallest absolute Gasteiger partial charge is 0.405 e. The molecule has 1 saturated heterocycles. The number of ether oxygens (including phenoxy) is 1. The highest BCUT2D eigenvalue weighted by Crippen LogP contribution is 2.36. The summed E-state index contributed by atoms with van der Waals surface area (Å²) in [7, 11) is -4.33. The summed E-state index contributed by atoms with van der Waals surface area (Å²) in [6.07, 6.45) is 5.73. The number of carbonyl (C=O) groups is 4. The van der Waals surface area contributed by atoms with Crippen molar-refractivity contribution in [3.8, 4) is 0 Å². The van der Waals surface area contributed by atoms with Crippen LogP contribution in [0.5, 0.6) is 0 Å². The third-order valence-corrected chi connectivity index (χ3v) is 8.44. The Morgan fingerprint density at radius 2 is 1.86 bits per heavy atom. The number of amides is 4. The van der Waals surface area contributed by atoms with Gasteiger partial charge >= 0.3 is 6.09 Å². The molecule has 0 aromatic heterocycles. The average Bonchev–Trinajstić information content (AvgIpc) is 3.42. The summed E-state index contributed by atoms with van der Waals surface area (Å²) in [6, 6.07) is 7.06. The monoisotopic (exact) mass is 532 g/mol. The van der Waals surface area contributed by atoms with Gasteiger partial charge in [0.1, 0.15) is 0 Å². The first kappa shape index (κ1) is 26.6. The van der Waals surface area contributed by atoms with Crippen LogP contribution in [0.2, 0.25) is 0 Å². The summed E-state index contributed by atoms with van der Waals surface area (Å²) in [6.45, 7) is 0.0116. The van der Waals surface area contributed by atoms with Crippen molar-refractivity contribution in [3.63, 3.8) is 0 Å². The van der Waals surface area contributed by atoms with Crippen molar-refractivity contribution in [2.45, 2.75) is 73.9 Å². The number of allylic oxidation sites excluding steroid dienone is 1. The summed E-state index contributed by atoms with van der Waals surface area (Å²) < 4.78 is 33.1. The molecule has 0 spiro atoms. The Balaban J connectivity index is 1.70. The molecule has 4 atom stereocenters. The van der Waals surface area contributed by atoms with Crippen LogP contribution in [0.25, 0.3) is 0 Å². The van der Waals surface area contributed by atoms with E-state index < -0.39 is 45.5 Å². The Morgan fingerprint density at radius 3 is 2.59 bits per heavy atom. The van der Waals surface area contributed by atoms with Gasteiger partial charge in [-0.25, -0.2) is 17.9 Å². The molecule has 4 rings (SSSR count). The summed E-state index contributed by atoms with van der Waals surface area (Å²) in [4.78, 5) is 53.5. The highest BCUT2D eigenvalue weighted by atomic mass is 32.2. The summed E-state index contributed by atoms with van der Waals surface area (Å²) in [5, 5.41) is 2.85. The van der Waals surface area contributed by atoms with Gasteiger partial charge in [-0.2, -0.15) is 0 Å². The lowest BCUT2D eigenvalue weighted by Gasteiger charge is -2.37. The van der Waals surface area contributed by atoms with E-state index in [1.54, 1.807) is 6.07 Å². The summed E-state index contributed by atoms with van der Waals surface area (Å²) in [5.74, 6) is -2.53. The fourth-order valence-electron chi connectivity index (χ4n) is 5.03. The fraction of sp³-hybridized carbons (Fsp3) is 0.520. The largest absolute Gasteiger partial charge is 0.436 e. The lowest BCUT2D eigenvalue weighted by atomic mass is 9.92. The van der Waals surface area contributed by atoms with Crippen LogP contribution in [0.3, 0.4) is 0 Å². The third kappa shape index (κ3) is 5.79. The maximum Gasteiger partial charge on any atom is 0.405 e. The van der Waals surface area contributed by atoms with Gasteiger partial charge in [0.15, 0.2) is 6.10 Å². The Hall–Kier alpha value is -3.41. The van der Waals surface area contributed by atoms with Crippen LogP contribution in [-0.4, -0.2) is 61.4 Å². The quantitative estimate of drug-likeness (QED) is 0.389. The molecule has 3 aliphatic rings. The van der Waals surface area contributed by atoms with E-state index in [9.17, 15) is 27.6 Å². The number of nitrogens with one attached hydrogen (secondary N) is 2. The number of rotatable bonds is 4. The molecule has 2 heterocycles. The Morgan fingerprint density at radius 1 is 1.11 bits per heavy atom. The minimum Gasteiger partial charge on any atom is -0.436 e. The number of fused-ring (bicyclic) bond motifs is 2. The van der Waals surface area contributed by atoms with E-state index in [1.165, 1.54) is 24.3 Å². The minimum absolute atomic E-state index is 0.0116. The first-order valence-electron chi connectivity index (χ1n) is 12.5. The Labute approximate surface area is 215 Å². The molecule has 0 bridgehead atoms. The molecule has 12 heteroatoms. The number of carbonyl (C=O) groups excluding carboxylic acids is 4. The van der Waals surface area contributed by atoms with Crippen molar-refractivity contribution < 1.29 is 32.3 Å². The van der Waals surface area contributed by atoms with Crippen LogP contribution >= 0.6 is 0 Å². The van der Waals surface area contributed by atoms with Crippen molar-refractivity contribution in [2.24, 2.45) is 11.7 Å². The maximum atomic E-state index is 13.7. The SMILES string of the molecule is NC(=O)OC1CCCCCC=CC2CC2NC(=O)C2(C(=O)NS(=O)(=O)c3ccccc3)CCCN2C1=O. The van der Waals surface area contributed by atoms with E-state index in [1.807, 2.05) is 10.8 Å². The van der Waals surface area contributed by atoms with E-state index in [0.717, 1.165) is 24.2 Å². The molecule has 4 amide bonds. The predicted octanol–water partition coefficient (Wildman–Crippen LogP) is 1.34. The lowest BCUT2D eigenvalue weighted by molar-refractivity contribution is -0.157. The second-order valence-electron chi connectivity index (χ2n) is 9.67. The van der Waals surface area contributed by atoms with Crippen LogP contribution in [0.15, 0.2) is 47.4 Å². The molecule has 2 aliphatic heterocycles. The van der Waals surface area contributed by atoms with Crippen LogP contribution in [0, 0.1) is 5.92 Å². The molecular weight excluding hydrogens is 500 g/mol. The molecule has 37 heavy (non-hydrogen) atoms. The molecule has 1 saturated carbocycles. The van der Waals surface area contributed by atoms with Crippen molar-refractivity contribution >= 4 is 33.8 Å². The Kier molecular flexibility index (Phi) is 7.86. The van der Waals surface area contributed by atoms with Gasteiger partial charge in [0.05, 0.1) is 4.90 Å². The zero-order valence-corrected chi connectivity index (χ0v) is 21.2. The molecule has 1 aromatic rings. The summed E-state index contributed by atoms with van der Waals surface area (Å²) >= 11 is 0. The molecule has 4 N–H and O–H groups in total. The van der Waals surface area contributed by atoms with E-state index in [4.69, 9.17) is 10.5 Å². The molecule has 0 radical (unpaired) electrons. The lowest BCUT2D eigenvalue weighted by Crippen LogP contribution is -2.67. The number of nitrogens with zero attached hydrogens (tertiary/aromatic N) is 1. The standard InChI is InChI=1S/C25H32N4O7S/c26-24(33)36-20-13-8-3-1-2-5-10-17-16-19(17)27-22(31)25(14-9-15-29(25)21(20)30)23(32)28-37(34,35)18-11-6-4-7-12-18/h4-7,10-12,17,19-20H,1-3,8-9,13-16H2,(H2,26,33)(H,27,31)(H,28,32). The fourth-order valence-corrected chi connectivity index (χ4v) is 6.07. The molecule has 4 unspecified atom stereocenters. The van der Waals surface area contributed by atoms with E-state index >= 15 is 0 Å². The number of benzene rings is 1. The van der Waals surface area contributed by atoms with Gasteiger partial charge in [-0.1, -0.05) is 36.8 Å². The van der Waals surface area contributed by atoms with Gasteiger partial charge < -0.3 is 20.7 Å². The molecule has 1 aliphatic carbocycles. The first-order valence-corrected chi connectivity index (χ1v) is 14.0. The van der Waals surface area contributed by atoms with E-state index in [2.05, 4.69) is 11.4 Å². The molecular formula is C25H32N4O7S. The number of primary amides is 1. The molecule has 200 valence electrons. The summed E-state index contributed by atoms with van der Waals surface area (Å²) in [5.41, 5.74) is 3.09. The maximum absolute atomic E-state index is 13.7. The number of sulfonamides is 1. The van der Waals surface area contributed by atoms with Gasteiger partial charge in [0, 0.05) is 12.6 Å². The second-order valence-corrected chi connectivity index (χ2v) is 11.4.